The fraction of sp³-hybridized carbons (Fsp3) is 0.143. The Bertz CT molecular complexity index is 2060. The van der Waals surface area contributed by atoms with Gasteiger partial charge in [0.1, 0.15) is 0 Å². The van der Waals surface area contributed by atoms with Gasteiger partial charge in [-0.1, -0.05) is 124 Å². The van der Waals surface area contributed by atoms with E-state index in [1.54, 1.807) is 0 Å². The van der Waals surface area contributed by atoms with Crippen LogP contribution in [0.2, 0.25) is 0 Å². The van der Waals surface area contributed by atoms with E-state index in [1.165, 1.54) is 49.7 Å². The van der Waals surface area contributed by atoms with E-state index in [9.17, 15) is 0 Å². The molecule has 2 atom stereocenters. The van der Waals surface area contributed by atoms with Gasteiger partial charge in [-0.25, -0.2) is 0 Å². The quantitative estimate of drug-likeness (QED) is 0.212. The largest absolute Gasteiger partial charge is 0.256 e. The van der Waals surface area contributed by atoms with Crippen molar-refractivity contribution in [1.29, 1.82) is 0 Å². The molecular formula is C42H34N2. The van der Waals surface area contributed by atoms with Crippen LogP contribution in [0, 0.1) is 0 Å². The molecule has 0 amide bonds. The van der Waals surface area contributed by atoms with Crippen LogP contribution in [-0.2, 0) is 5.41 Å². The van der Waals surface area contributed by atoms with Crippen LogP contribution in [0.15, 0.2) is 134 Å². The van der Waals surface area contributed by atoms with Crippen LogP contribution in [0.3, 0.4) is 0 Å². The van der Waals surface area contributed by atoms with E-state index in [0.717, 1.165) is 22.5 Å². The molecule has 2 aromatic heterocycles. The summed E-state index contributed by atoms with van der Waals surface area (Å²) in [4.78, 5) is 9.14. The molecule has 44 heavy (non-hydrogen) atoms. The topological polar surface area (TPSA) is 25.8 Å². The minimum absolute atomic E-state index is 0.0869. The van der Waals surface area contributed by atoms with Gasteiger partial charge < -0.3 is 0 Å². The van der Waals surface area contributed by atoms with E-state index in [1.807, 2.05) is 36.7 Å². The molecule has 0 saturated carbocycles. The van der Waals surface area contributed by atoms with E-state index in [2.05, 4.69) is 134 Å². The second kappa shape index (κ2) is 10.3. The molecule has 2 heterocycles. The van der Waals surface area contributed by atoms with Gasteiger partial charge in [-0.2, -0.15) is 0 Å². The molecule has 0 N–H and O–H groups in total. The lowest BCUT2D eigenvalue weighted by Crippen LogP contribution is -2.18. The Kier molecular flexibility index (Phi) is 6.20. The summed E-state index contributed by atoms with van der Waals surface area (Å²) in [5, 5.41) is 2.73. The van der Waals surface area contributed by atoms with E-state index >= 15 is 0 Å². The van der Waals surface area contributed by atoms with Crippen LogP contribution >= 0.6 is 0 Å². The summed E-state index contributed by atoms with van der Waals surface area (Å²) in [5.41, 5.74) is 13.7. The summed E-state index contributed by atoms with van der Waals surface area (Å²) in [6.45, 7) is 6.90. The first-order valence-corrected chi connectivity index (χ1v) is 15.5. The Hall–Kier alpha value is -5.08. The molecule has 4 aromatic carbocycles. The molecule has 0 bridgehead atoms. The standard InChI is InChI=1S/C42H34N2/c1-42(2,3)33-24-31-18-20-34-36(27-10-14-29(15-11-27)38-8-4-6-22-43-38)26-37(35-21-19-32(25-33)40(31)41(34)35)28-12-16-30(17-13-28)39-9-5-7-23-44-39/h4-26,34,36H,1-3H3/t34?,36-/m1/s1. The van der Waals surface area contributed by atoms with Gasteiger partial charge in [0.25, 0.3) is 0 Å². The molecule has 0 aliphatic heterocycles. The van der Waals surface area contributed by atoms with Crippen molar-refractivity contribution < 1.29 is 0 Å². The lowest BCUT2D eigenvalue weighted by molar-refractivity contribution is 0.591. The van der Waals surface area contributed by atoms with Gasteiger partial charge in [-0.3, -0.25) is 9.97 Å². The van der Waals surface area contributed by atoms with Gasteiger partial charge in [0.2, 0.25) is 0 Å². The lowest BCUT2D eigenvalue weighted by atomic mass is 9.68. The van der Waals surface area contributed by atoms with Crippen molar-refractivity contribution in [3.05, 3.63) is 167 Å². The minimum atomic E-state index is 0.0869. The molecule has 6 aromatic rings. The molecule has 2 aliphatic carbocycles. The highest BCUT2D eigenvalue weighted by atomic mass is 14.7. The van der Waals surface area contributed by atoms with Crippen LogP contribution in [0.1, 0.15) is 66.0 Å². The smallest absolute Gasteiger partial charge is 0.0701 e. The minimum Gasteiger partial charge on any atom is -0.256 e. The fourth-order valence-electron chi connectivity index (χ4n) is 6.97. The third kappa shape index (κ3) is 4.50. The molecule has 2 aliphatic rings. The monoisotopic (exact) mass is 566 g/mol. The van der Waals surface area contributed by atoms with Gasteiger partial charge >= 0.3 is 0 Å². The maximum absolute atomic E-state index is 4.57. The first kappa shape index (κ1) is 26.5. The van der Waals surface area contributed by atoms with Crippen molar-refractivity contribution in [3.63, 3.8) is 0 Å². The van der Waals surface area contributed by atoms with Gasteiger partial charge in [-0.15, -0.1) is 0 Å². The second-order valence-corrected chi connectivity index (χ2v) is 13.1. The maximum atomic E-state index is 4.57. The van der Waals surface area contributed by atoms with Gasteiger partial charge in [0.15, 0.2) is 0 Å². The predicted octanol–water partition coefficient (Wildman–Crippen LogP) is 10.6. The Morgan fingerprint density at radius 2 is 1.25 bits per heavy atom. The van der Waals surface area contributed by atoms with Crippen molar-refractivity contribution in [2.75, 3.05) is 0 Å². The number of aromatic nitrogens is 2. The zero-order valence-corrected chi connectivity index (χ0v) is 25.3. The Morgan fingerprint density at radius 3 is 1.86 bits per heavy atom. The zero-order chi connectivity index (χ0) is 29.8. The highest BCUT2D eigenvalue weighted by Gasteiger charge is 2.34. The number of hydrogen-bond donors (Lipinski definition) is 0. The van der Waals surface area contributed by atoms with Crippen LogP contribution in [0.5, 0.6) is 0 Å². The Morgan fingerprint density at radius 1 is 0.614 bits per heavy atom. The van der Waals surface area contributed by atoms with Gasteiger partial charge in [0, 0.05) is 35.4 Å². The van der Waals surface area contributed by atoms with Crippen molar-refractivity contribution >= 4 is 22.4 Å². The number of nitrogens with zero attached hydrogens (tertiary/aromatic N) is 2. The number of hydrogen-bond acceptors (Lipinski definition) is 2. The van der Waals surface area contributed by atoms with E-state index in [0.29, 0.717) is 0 Å². The van der Waals surface area contributed by atoms with Crippen molar-refractivity contribution in [1.82, 2.24) is 9.97 Å². The van der Waals surface area contributed by atoms with E-state index < -0.39 is 0 Å². The molecule has 8 rings (SSSR count). The molecule has 0 spiro atoms. The van der Waals surface area contributed by atoms with Crippen LogP contribution in [-0.4, -0.2) is 9.97 Å². The summed E-state index contributed by atoms with van der Waals surface area (Å²) < 4.78 is 0. The summed E-state index contributed by atoms with van der Waals surface area (Å²) in [7, 11) is 0. The lowest BCUT2D eigenvalue weighted by Gasteiger charge is -2.35. The van der Waals surface area contributed by atoms with Crippen molar-refractivity contribution in [2.45, 2.75) is 38.0 Å². The first-order valence-electron chi connectivity index (χ1n) is 15.5. The normalized spacial score (nSPS) is 17.0. The molecule has 2 nitrogen and oxygen atoms in total. The number of rotatable bonds is 4. The molecular weight excluding hydrogens is 532 g/mol. The molecule has 0 radical (unpaired) electrons. The SMILES string of the molecule is CC(C)(C)c1cc2c3c4c(ccc3c1)C(c1ccc(-c3ccccn3)cc1)=C[C@H](c1ccc(-c3ccccn3)cc1)C4C=C2. The molecule has 2 heteroatoms. The van der Waals surface area contributed by atoms with Crippen LogP contribution in [0.4, 0.5) is 0 Å². The van der Waals surface area contributed by atoms with Crippen LogP contribution < -0.4 is 0 Å². The van der Waals surface area contributed by atoms with Gasteiger partial charge in [-0.05, 0) is 79.4 Å². The molecule has 0 fully saturated rings. The maximum Gasteiger partial charge on any atom is 0.0701 e. The van der Waals surface area contributed by atoms with E-state index in [4.69, 9.17) is 0 Å². The first-order chi connectivity index (χ1) is 21.4. The van der Waals surface area contributed by atoms with Crippen molar-refractivity contribution in [3.8, 4) is 22.5 Å². The zero-order valence-electron chi connectivity index (χ0n) is 25.3. The average Bonchev–Trinajstić information content (AvgIpc) is 3.07. The molecule has 0 saturated heterocycles. The summed E-state index contributed by atoms with van der Waals surface area (Å²) in [6.07, 6.45) is 11.0. The third-order valence-corrected chi connectivity index (χ3v) is 9.31. The Balaban J connectivity index is 1.29. The van der Waals surface area contributed by atoms with Crippen LogP contribution in [0.25, 0.3) is 44.9 Å². The number of allylic oxidation sites excluding steroid dienone is 2. The summed E-state index contributed by atoms with van der Waals surface area (Å²) in [5.74, 6) is 0.474. The summed E-state index contributed by atoms with van der Waals surface area (Å²) in [6, 6.07) is 39.6. The predicted molar refractivity (Wildman–Crippen MR) is 184 cm³/mol. The third-order valence-electron chi connectivity index (χ3n) is 9.31. The molecule has 212 valence electrons. The average molecular weight is 567 g/mol. The number of benzene rings is 4. The van der Waals surface area contributed by atoms with Crippen molar-refractivity contribution in [2.24, 2.45) is 0 Å². The van der Waals surface area contributed by atoms with Gasteiger partial charge in [0.05, 0.1) is 11.4 Å². The second-order valence-electron chi connectivity index (χ2n) is 13.1. The number of pyridine rings is 2. The molecule has 1 unspecified atom stereocenters. The summed E-state index contributed by atoms with van der Waals surface area (Å²) >= 11 is 0. The fourth-order valence-corrected chi connectivity index (χ4v) is 6.97. The Labute approximate surface area is 259 Å². The highest BCUT2D eigenvalue weighted by Crippen LogP contribution is 2.52. The van der Waals surface area contributed by atoms with E-state index in [-0.39, 0.29) is 17.3 Å². The highest BCUT2D eigenvalue weighted by molar-refractivity contribution is 6.02.